The predicted octanol–water partition coefficient (Wildman–Crippen LogP) is 6.20. The Kier molecular flexibility index (Phi) is 5.10. The van der Waals surface area contributed by atoms with Crippen LogP contribution in [0.4, 0.5) is 18.9 Å². The van der Waals surface area contributed by atoms with Crippen molar-refractivity contribution in [3.8, 4) is 11.5 Å². The highest BCUT2D eigenvalue weighted by Crippen LogP contribution is 2.34. The van der Waals surface area contributed by atoms with Crippen molar-refractivity contribution < 1.29 is 22.7 Å². The van der Waals surface area contributed by atoms with Crippen molar-refractivity contribution in [1.29, 1.82) is 0 Å². The SMILES string of the molecule is Cc1cc(NC(=O)C(F)(F)F)cc(C)c1Oc1ccc2[nH]cc(C(C)C)c2c1. The van der Waals surface area contributed by atoms with Crippen molar-refractivity contribution in [2.45, 2.75) is 39.8 Å². The van der Waals surface area contributed by atoms with E-state index in [9.17, 15) is 18.0 Å². The van der Waals surface area contributed by atoms with E-state index in [0.717, 1.165) is 10.9 Å². The number of H-pyrrole nitrogens is 1. The summed E-state index contributed by atoms with van der Waals surface area (Å²) in [7, 11) is 0. The molecule has 0 saturated carbocycles. The lowest BCUT2D eigenvalue weighted by Crippen LogP contribution is -2.29. The van der Waals surface area contributed by atoms with Crippen LogP contribution in [0.1, 0.15) is 36.5 Å². The van der Waals surface area contributed by atoms with Crippen LogP contribution in [0.5, 0.6) is 11.5 Å². The summed E-state index contributed by atoms with van der Waals surface area (Å²) in [4.78, 5) is 14.4. The van der Waals surface area contributed by atoms with Crippen LogP contribution in [0.3, 0.4) is 0 Å². The number of hydrogen-bond donors (Lipinski definition) is 2. The van der Waals surface area contributed by atoms with Gasteiger partial charge in [-0.25, -0.2) is 0 Å². The van der Waals surface area contributed by atoms with Crippen LogP contribution in [0.15, 0.2) is 36.5 Å². The van der Waals surface area contributed by atoms with Gasteiger partial charge in [-0.05, 0) is 66.8 Å². The number of alkyl halides is 3. The van der Waals surface area contributed by atoms with E-state index >= 15 is 0 Å². The Morgan fingerprint density at radius 1 is 1.11 bits per heavy atom. The maximum atomic E-state index is 12.5. The summed E-state index contributed by atoms with van der Waals surface area (Å²) in [6, 6.07) is 8.63. The third kappa shape index (κ3) is 3.98. The second kappa shape index (κ2) is 7.22. The van der Waals surface area contributed by atoms with E-state index in [1.165, 1.54) is 17.7 Å². The van der Waals surface area contributed by atoms with Crippen molar-refractivity contribution in [2.75, 3.05) is 5.32 Å². The number of aryl methyl sites for hydroxylation is 2. The molecule has 2 aromatic carbocycles. The number of anilines is 1. The van der Waals surface area contributed by atoms with E-state index in [4.69, 9.17) is 4.74 Å². The molecule has 1 amide bonds. The zero-order valence-electron chi connectivity index (χ0n) is 16.0. The minimum Gasteiger partial charge on any atom is -0.457 e. The van der Waals surface area contributed by atoms with Gasteiger partial charge in [0.15, 0.2) is 0 Å². The Bertz CT molecular complexity index is 1010. The average Bonchev–Trinajstić information content (AvgIpc) is 3.00. The minimum absolute atomic E-state index is 0.0767. The second-order valence-corrected chi connectivity index (χ2v) is 7.10. The molecule has 0 aliphatic carbocycles. The van der Waals surface area contributed by atoms with Crippen LogP contribution in [-0.2, 0) is 4.79 Å². The van der Waals surface area contributed by atoms with Crippen LogP contribution in [0.2, 0.25) is 0 Å². The van der Waals surface area contributed by atoms with Gasteiger partial charge in [-0.3, -0.25) is 4.79 Å². The number of aromatic amines is 1. The minimum atomic E-state index is -4.93. The monoisotopic (exact) mass is 390 g/mol. The molecule has 0 aliphatic heterocycles. The maximum absolute atomic E-state index is 12.5. The van der Waals surface area contributed by atoms with Gasteiger partial charge in [-0.15, -0.1) is 0 Å². The molecule has 3 rings (SSSR count). The number of halogens is 3. The molecule has 4 nitrogen and oxygen atoms in total. The lowest BCUT2D eigenvalue weighted by molar-refractivity contribution is -0.167. The molecule has 1 aromatic heterocycles. The average molecular weight is 390 g/mol. The number of rotatable bonds is 4. The van der Waals surface area contributed by atoms with Crippen molar-refractivity contribution in [3.63, 3.8) is 0 Å². The molecule has 0 spiro atoms. The first-order chi connectivity index (χ1) is 13.1. The summed E-state index contributed by atoms with van der Waals surface area (Å²) in [5.41, 5.74) is 3.51. The first kappa shape index (κ1) is 19.8. The lowest BCUT2D eigenvalue weighted by atomic mass is 10.0. The molecule has 0 saturated heterocycles. The molecule has 0 aliphatic rings. The number of amides is 1. The third-order valence-corrected chi connectivity index (χ3v) is 4.50. The van der Waals surface area contributed by atoms with Gasteiger partial charge in [-0.1, -0.05) is 13.8 Å². The zero-order chi connectivity index (χ0) is 20.6. The Hall–Kier alpha value is -2.96. The van der Waals surface area contributed by atoms with Crippen LogP contribution in [0, 0.1) is 13.8 Å². The van der Waals surface area contributed by atoms with E-state index < -0.39 is 12.1 Å². The topological polar surface area (TPSA) is 54.1 Å². The van der Waals surface area contributed by atoms with Crippen LogP contribution < -0.4 is 10.1 Å². The summed E-state index contributed by atoms with van der Waals surface area (Å²) in [6.45, 7) is 7.66. The van der Waals surface area contributed by atoms with Crippen molar-refractivity contribution in [2.24, 2.45) is 0 Å². The third-order valence-electron chi connectivity index (χ3n) is 4.50. The molecule has 0 fully saturated rings. The fraction of sp³-hybridized carbons (Fsp3) is 0.286. The van der Waals surface area contributed by atoms with E-state index in [1.807, 2.05) is 29.7 Å². The number of carbonyl (C=O) groups is 1. The fourth-order valence-electron chi connectivity index (χ4n) is 3.17. The number of fused-ring (bicyclic) bond motifs is 1. The van der Waals surface area contributed by atoms with Crippen molar-refractivity contribution >= 4 is 22.5 Å². The summed E-state index contributed by atoms with van der Waals surface area (Å²) < 4.78 is 43.4. The van der Waals surface area contributed by atoms with Gasteiger partial charge in [0.05, 0.1) is 0 Å². The van der Waals surface area contributed by atoms with Gasteiger partial charge in [0.2, 0.25) is 0 Å². The van der Waals surface area contributed by atoms with Gasteiger partial charge >= 0.3 is 12.1 Å². The maximum Gasteiger partial charge on any atom is 0.471 e. The molecule has 1 heterocycles. The summed E-state index contributed by atoms with van der Waals surface area (Å²) in [5, 5.41) is 2.94. The predicted molar refractivity (Wildman–Crippen MR) is 103 cm³/mol. The number of benzene rings is 2. The van der Waals surface area contributed by atoms with E-state index in [-0.39, 0.29) is 5.69 Å². The lowest BCUT2D eigenvalue weighted by Gasteiger charge is -2.15. The first-order valence-electron chi connectivity index (χ1n) is 8.84. The van der Waals surface area contributed by atoms with Gasteiger partial charge in [0, 0.05) is 22.8 Å². The molecule has 0 radical (unpaired) electrons. The number of ether oxygens (including phenoxy) is 1. The van der Waals surface area contributed by atoms with E-state index in [1.54, 1.807) is 13.8 Å². The van der Waals surface area contributed by atoms with Crippen molar-refractivity contribution in [1.82, 2.24) is 4.98 Å². The van der Waals surface area contributed by atoms with Gasteiger partial charge in [0.25, 0.3) is 0 Å². The molecule has 148 valence electrons. The van der Waals surface area contributed by atoms with Gasteiger partial charge in [-0.2, -0.15) is 13.2 Å². The van der Waals surface area contributed by atoms with Crippen LogP contribution in [0.25, 0.3) is 10.9 Å². The quantitative estimate of drug-likeness (QED) is 0.557. The molecule has 2 N–H and O–H groups in total. The highest BCUT2D eigenvalue weighted by Gasteiger charge is 2.38. The highest BCUT2D eigenvalue weighted by atomic mass is 19.4. The number of hydrogen-bond acceptors (Lipinski definition) is 2. The van der Waals surface area contributed by atoms with Crippen molar-refractivity contribution in [3.05, 3.63) is 53.2 Å². The van der Waals surface area contributed by atoms with E-state index in [2.05, 4.69) is 18.8 Å². The Balaban J connectivity index is 1.89. The Labute approximate surface area is 160 Å². The smallest absolute Gasteiger partial charge is 0.457 e. The standard InChI is InChI=1S/C21H21F3N2O2/c1-11(2)17-10-25-18-6-5-15(9-16(17)18)28-19-12(3)7-14(8-13(19)4)26-20(27)21(22,23)24/h5-11,25H,1-4H3,(H,26,27). The molecule has 0 atom stereocenters. The summed E-state index contributed by atoms with van der Waals surface area (Å²) in [5.74, 6) is -0.471. The molecular weight excluding hydrogens is 369 g/mol. The molecule has 28 heavy (non-hydrogen) atoms. The molecule has 3 aromatic rings. The fourth-order valence-corrected chi connectivity index (χ4v) is 3.17. The molecule has 0 unspecified atom stereocenters. The Morgan fingerprint density at radius 2 is 1.75 bits per heavy atom. The second-order valence-electron chi connectivity index (χ2n) is 7.10. The van der Waals surface area contributed by atoms with E-state index in [0.29, 0.717) is 28.5 Å². The molecular formula is C21H21F3N2O2. The first-order valence-corrected chi connectivity index (χ1v) is 8.84. The normalized spacial score (nSPS) is 11.9. The number of carbonyl (C=O) groups excluding carboxylic acids is 1. The summed E-state index contributed by atoms with van der Waals surface area (Å²) >= 11 is 0. The Morgan fingerprint density at radius 3 is 2.32 bits per heavy atom. The highest BCUT2D eigenvalue weighted by molar-refractivity contribution is 5.95. The van der Waals surface area contributed by atoms with Crippen LogP contribution in [-0.4, -0.2) is 17.1 Å². The number of aromatic nitrogens is 1. The van der Waals surface area contributed by atoms with Crippen LogP contribution >= 0.6 is 0 Å². The molecule has 0 bridgehead atoms. The largest absolute Gasteiger partial charge is 0.471 e. The zero-order valence-corrected chi connectivity index (χ0v) is 16.0. The summed E-state index contributed by atoms with van der Waals surface area (Å²) in [6.07, 6.45) is -2.95. The van der Waals surface area contributed by atoms with Gasteiger partial charge in [0.1, 0.15) is 11.5 Å². The number of nitrogens with one attached hydrogen (secondary N) is 2. The molecule has 7 heteroatoms. The van der Waals surface area contributed by atoms with Gasteiger partial charge < -0.3 is 15.0 Å².